The number of fused-ring (bicyclic) bond motifs is 4. The fourth-order valence-electron chi connectivity index (χ4n) is 3.68. The van der Waals surface area contributed by atoms with Crippen molar-refractivity contribution in [2.45, 2.75) is 20.3 Å². The van der Waals surface area contributed by atoms with Gasteiger partial charge in [0, 0.05) is 18.5 Å². The maximum atomic E-state index is 6.39. The molecule has 1 saturated heterocycles. The second kappa shape index (κ2) is 5.16. The van der Waals surface area contributed by atoms with Gasteiger partial charge >= 0.3 is 0 Å². The first-order valence-corrected chi connectivity index (χ1v) is 8.77. The van der Waals surface area contributed by atoms with Crippen molar-refractivity contribution in [3.8, 4) is 0 Å². The number of nitrogens with zero attached hydrogens (tertiary/aromatic N) is 4. The van der Waals surface area contributed by atoms with Crippen LogP contribution in [0.15, 0.2) is 6.33 Å². The molecule has 2 aliphatic rings. The zero-order valence-corrected chi connectivity index (χ0v) is 15.2. The third-order valence-electron chi connectivity index (χ3n) is 5.00. The van der Waals surface area contributed by atoms with Crippen molar-refractivity contribution in [2.24, 2.45) is 11.8 Å². The van der Waals surface area contributed by atoms with Gasteiger partial charge in [0.25, 0.3) is 0 Å². The van der Waals surface area contributed by atoms with Crippen LogP contribution in [-0.4, -0.2) is 28.0 Å². The molecule has 4 heterocycles. The van der Waals surface area contributed by atoms with Crippen molar-refractivity contribution in [3.05, 3.63) is 22.6 Å². The maximum absolute atomic E-state index is 6.39. The summed E-state index contributed by atoms with van der Waals surface area (Å²) in [6, 6.07) is 0. The maximum Gasteiger partial charge on any atom is 0.150 e. The van der Waals surface area contributed by atoms with Gasteiger partial charge in [0.1, 0.15) is 17.0 Å². The molecule has 0 radical (unpaired) electrons. The third kappa shape index (κ3) is 2.13. The summed E-state index contributed by atoms with van der Waals surface area (Å²) < 4.78 is 1.15. The second-order valence-corrected chi connectivity index (χ2v) is 7.83. The lowest BCUT2D eigenvalue weighted by Crippen LogP contribution is -2.22. The van der Waals surface area contributed by atoms with Gasteiger partial charge in [-0.1, -0.05) is 11.6 Å². The summed E-state index contributed by atoms with van der Waals surface area (Å²) in [4.78, 5) is 17.2. The van der Waals surface area contributed by atoms with Crippen molar-refractivity contribution >= 4 is 61.6 Å². The number of rotatable bonds is 1. The molecule has 2 unspecified atom stereocenters. The van der Waals surface area contributed by atoms with Crippen LogP contribution in [-0.2, 0) is 0 Å². The van der Waals surface area contributed by atoms with Crippen LogP contribution < -0.4 is 4.90 Å². The zero-order chi connectivity index (χ0) is 15.0. The molecule has 3 aromatic heterocycles. The molecule has 7 heteroatoms. The van der Waals surface area contributed by atoms with E-state index in [0.29, 0.717) is 0 Å². The number of aryl methyl sites for hydroxylation is 2. The molecule has 0 N–H and O–H groups in total. The average Bonchev–Trinajstić information content (AvgIpc) is 2.94. The SMILES string of the molecule is Cc1nc2sc3c(N4CC5CC5C4)ncnc3c2c(C)c1Cl.Cl. The van der Waals surface area contributed by atoms with Crippen molar-refractivity contribution in [3.63, 3.8) is 0 Å². The Balaban J connectivity index is 0.00000135. The van der Waals surface area contributed by atoms with Gasteiger partial charge in [-0.05, 0) is 37.7 Å². The van der Waals surface area contributed by atoms with Crippen LogP contribution in [0.4, 0.5) is 5.82 Å². The number of hydrogen-bond acceptors (Lipinski definition) is 5. The minimum Gasteiger partial charge on any atom is -0.355 e. The van der Waals surface area contributed by atoms with Gasteiger partial charge in [-0.2, -0.15) is 0 Å². The van der Waals surface area contributed by atoms with Gasteiger partial charge in [-0.3, -0.25) is 0 Å². The van der Waals surface area contributed by atoms with Crippen LogP contribution in [0.1, 0.15) is 17.7 Å². The van der Waals surface area contributed by atoms with Crippen LogP contribution in [0.3, 0.4) is 0 Å². The summed E-state index contributed by atoms with van der Waals surface area (Å²) in [6.45, 7) is 6.28. The Labute approximate surface area is 149 Å². The molecule has 1 aliphatic heterocycles. The molecule has 23 heavy (non-hydrogen) atoms. The highest BCUT2D eigenvalue weighted by atomic mass is 35.5. The molecular weight excluding hydrogens is 351 g/mol. The van der Waals surface area contributed by atoms with E-state index in [2.05, 4.69) is 26.8 Å². The number of piperidine rings is 1. The predicted molar refractivity (Wildman–Crippen MR) is 98.3 cm³/mol. The van der Waals surface area contributed by atoms with Crippen LogP contribution in [0.25, 0.3) is 20.4 Å². The lowest BCUT2D eigenvalue weighted by Gasteiger charge is -2.19. The molecular formula is C16H16Cl2N4S. The third-order valence-corrected chi connectivity index (χ3v) is 6.63. The molecule has 3 aromatic rings. The summed E-state index contributed by atoms with van der Waals surface area (Å²) >= 11 is 8.09. The number of hydrogen-bond donors (Lipinski definition) is 0. The smallest absolute Gasteiger partial charge is 0.150 e. The largest absolute Gasteiger partial charge is 0.355 e. The van der Waals surface area contributed by atoms with E-state index in [9.17, 15) is 0 Å². The highest BCUT2D eigenvalue weighted by molar-refractivity contribution is 7.26. The van der Waals surface area contributed by atoms with Gasteiger partial charge in [0.2, 0.25) is 0 Å². The summed E-state index contributed by atoms with van der Waals surface area (Å²) in [5, 5.41) is 1.83. The molecule has 120 valence electrons. The molecule has 0 amide bonds. The monoisotopic (exact) mass is 366 g/mol. The summed E-state index contributed by atoms with van der Waals surface area (Å²) in [5.41, 5.74) is 2.96. The van der Waals surface area contributed by atoms with E-state index in [-0.39, 0.29) is 12.4 Å². The number of anilines is 1. The zero-order valence-electron chi connectivity index (χ0n) is 12.8. The Hall–Kier alpha value is -1.17. The van der Waals surface area contributed by atoms with Crippen LogP contribution in [0.5, 0.6) is 0 Å². The Morgan fingerprint density at radius 2 is 1.96 bits per heavy atom. The number of halogens is 2. The first-order chi connectivity index (χ1) is 10.6. The molecule has 5 rings (SSSR count). The summed E-state index contributed by atoms with van der Waals surface area (Å²) in [5.74, 6) is 2.85. The fraction of sp³-hybridized carbons (Fsp3) is 0.438. The molecule has 2 fully saturated rings. The number of pyridine rings is 1. The predicted octanol–water partition coefficient (Wildman–Crippen LogP) is 4.39. The second-order valence-electron chi connectivity index (χ2n) is 6.45. The molecule has 0 aromatic carbocycles. The Morgan fingerprint density at radius 3 is 2.70 bits per heavy atom. The molecule has 1 saturated carbocycles. The lowest BCUT2D eigenvalue weighted by atomic mass is 10.1. The Bertz CT molecular complexity index is 929. The van der Waals surface area contributed by atoms with E-state index < -0.39 is 0 Å². The minimum atomic E-state index is 0. The highest BCUT2D eigenvalue weighted by Gasteiger charge is 2.45. The summed E-state index contributed by atoms with van der Waals surface area (Å²) in [7, 11) is 0. The van der Waals surface area contributed by atoms with Crippen molar-refractivity contribution in [2.75, 3.05) is 18.0 Å². The first kappa shape index (κ1) is 15.4. The average molecular weight is 367 g/mol. The molecule has 4 nitrogen and oxygen atoms in total. The number of thiophene rings is 1. The van der Waals surface area contributed by atoms with Crippen molar-refractivity contribution < 1.29 is 0 Å². The van der Waals surface area contributed by atoms with Crippen LogP contribution in [0, 0.1) is 25.7 Å². The number of aromatic nitrogens is 3. The van der Waals surface area contributed by atoms with Gasteiger partial charge in [0.05, 0.1) is 20.9 Å². The van der Waals surface area contributed by atoms with Gasteiger partial charge in [-0.15, -0.1) is 23.7 Å². The topological polar surface area (TPSA) is 41.9 Å². The Kier molecular flexibility index (Phi) is 3.45. The van der Waals surface area contributed by atoms with Crippen molar-refractivity contribution in [1.82, 2.24) is 15.0 Å². The highest BCUT2D eigenvalue weighted by Crippen LogP contribution is 2.48. The quantitative estimate of drug-likeness (QED) is 0.640. The van der Waals surface area contributed by atoms with Gasteiger partial charge in [-0.25, -0.2) is 15.0 Å². The minimum absolute atomic E-state index is 0. The van der Waals surface area contributed by atoms with Crippen LogP contribution in [0.2, 0.25) is 5.02 Å². The normalized spacial score (nSPS) is 22.5. The van der Waals surface area contributed by atoms with E-state index >= 15 is 0 Å². The molecule has 0 spiro atoms. The van der Waals surface area contributed by atoms with E-state index in [1.165, 1.54) is 6.42 Å². The van der Waals surface area contributed by atoms with E-state index in [4.69, 9.17) is 11.6 Å². The Morgan fingerprint density at radius 1 is 1.22 bits per heavy atom. The van der Waals surface area contributed by atoms with Gasteiger partial charge in [0.15, 0.2) is 0 Å². The van der Waals surface area contributed by atoms with E-state index in [1.54, 1.807) is 17.7 Å². The molecule has 2 atom stereocenters. The van der Waals surface area contributed by atoms with Crippen molar-refractivity contribution in [1.29, 1.82) is 0 Å². The van der Waals surface area contributed by atoms with E-state index in [1.807, 2.05) is 6.92 Å². The molecule has 1 aliphatic carbocycles. The van der Waals surface area contributed by atoms with Crippen LogP contribution >= 0.6 is 35.3 Å². The lowest BCUT2D eigenvalue weighted by molar-refractivity contribution is 0.808. The standard InChI is InChI=1S/C16H15ClN4S.ClH/c1-7-11-13-14(22-16(11)20-8(2)12(7)17)15(19-6-18-13)21-4-9-3-10(9)5-21;/h6,9-10H,3-5H2,1-2H3;1H. The fourth-order valence-corrected chi connectivity index (χ4v) is 5.07. The summed E-state index contributed by atoms with van der Waals surface area (Å²) in [6.07, 6.45) is 3.08. The van der Waals surface area contributed by atoms with E-state index in [0.717, 1.165) is 67.5 Å². The van der Waals surface area contributed by atoms with Gasteiger partial charge < -0.3 is 4.90 Å². The first-order valence-electron chi connectivity index (χ1n) is 7.58. The molecule has 0 bridgehead atoms.